The molecule has 3 aliphatic rings. The van der Waals surface area contributed by atoms with Crippen LogP contribution >= 0.6 is 0 Å². The molecule has 0 radical (unpaired) electrons. The smallest absolute Gasteiger partial charge is 0.253 e. The number of carbonyl (C=O) groups excluding carboxylic acids is 2. The summed E-state index contributed by atoms with van der Waals surface area (Å²) >= 11 is 0. The van der Waals surface area contributed by atoms with Gasteiger partial charge in [-0.25, -0.2) is 4.99 Å². The topological polar surface area (TPSA) is 127 Å². The highest BCUT2D eigenvalue weighted by Crippen LogP contribution is 2.22. The minimum atomic E-state index is 0.0507. The van der Waals surface area contributed by atoms with E-state index in [1.165, 1.54) is 11.2 Å². The van der Waals surface area contributed by atoms with Crippen molar-refractivity contribution in [1.82, 2.24) is 20.4 Å². The molecule has 3 heterocycles. The Kier molecular flexibility index (Phi) is 8.98. The number of piperidine rings is 1. The molecular formula is C25H35N7O2. The Morgan fingerprint density at radius 3 is 2.59 bits per heavy atom. The van der Waals surface area contributed by atoms with E-state index in [9.17, 15) is 9.59 Å². The average molecular weight is 466 g/mol. The number of aliphatic imine (C=N–C) groups is 1. The molecule has 4 rings (SSSR count). The fourth-order valence-corrected chi connectivity index (χ4v) is 4.11. The zero-order chi connectivity index (χ0) is 24.5. The van der Waals surface area contributed by atoms with Crippen LogP contribution in [0.3, 0.4) is 0 Å². The van der Waals surface area contributed by atoms with Crippen molar-refractivity contribution in [3.8, 4) is 0 Å². The molecule has 3 aliphatic heterocycles. The first kappa shape index (κ1) is 25.2. The molecule has 3 saturated heterocycles. The van der Waals surface area contributed by atoms with Gasteiger partial charge in [-0.1, -0.05) is 25.5 Å². The number of nitrogens with two attached hydrogens (primary N) is 1. The average Bonchev–Trinajstić information content (AvgIpc) is 2.85. The van der Waals surface area contributed by atoms with Crippen LogP contribution < -0.4 is 16.4 Å². The molecule has 1 aromatic rings. The second kappa shape index (κ2) is 12.1. The summed E-state index contributed by atoms with van der Waals surface area (Å²) in [6, 6.07) is 8.22. The van der Waals surface area contributed by atoms with Crippen LogP contribution in [0, 0.1) is 5.41 Å². The van der Waals surface area contributed by atoms with E-state index in [1.807, 2.05) is 29.2 Å². The van der Waals surface area contributed by atoms with E-state index in [1.54, 1.807) is 19.2 Å². The number of hydrogen-bond acceptors (Lipinski definition) is 5. The number of fused-ring (bicyclic) bond motifs is 2. The molecule has 5 N–H and O–H groups in total. The maximum absolute atomic E-state index is 12.8. The highest BCUT2D eigenvalue weighted by Gasteiger charge is 2.38. The van der Waals surface area contributed by atoms with Crippen LogP contribution in [0.1, 0.15) is 49.0 Å². The molecule has 9 heteroatoms. The summed E-state index contributed by atoms with van der Waals surface area (Å²) in [5.74, 6) is 0.327. The van der Waals surface area contributed by atoms with E-state index in [0.29, 0.717) is 42.0 Å². The maximum Gasteiger partial charge on any atom is 0.253 e. The number of nitrogens with zero attached hydrogens (tertiary/aromatic N) is 3. The summed E-state index contributed by atoms with van der Waals surface area (Å²) in [5.41, 5.74) is 8.17. The SMILES string of the molecule is CCCCNC(=N)/C(C)=C(/C=C\N(C=O)Cc1ccc(C(=O)N2CC3CC(C2)N3)cc1)\N=C\N. The van der Waals surface area contributed by atoms with E-state index in [0.717, 1.165) is 44.3 Å². The molecule has 2 amide bonds. The van der Waals surface area contributed by atoms with Crippen LogP contribution in [-0.4, -0.2) is 66.0 Å². The van der Waals surface area contributed by atoms with Crippen LogP contribution in [0.2, 0.25) is 0 Å². The summed E-state index contributed by atoms with van der Waals surface area (Å²) < 4.78 is 0. The number of allylic oxidation sites excluding steroid dienone is 1. The minimum absolute atomic E-state index is 0.0507. The Hall–Kier alpha value is -3.46. The van der Waals surface area contributed by atoms with Gasteiger partial charge in [-0.05, 0) is 43.5 Å². The number of unbranched alkanes of at least 4 members (excludes halogenated alkanes) is 1. The predicted molar refractivity (Wildman–Crippen MR) is 134 cm³/mol. The van der Waals surface area contributed by atoms with Crippen LogP contribution in [-0.2, 0) is 11.3 Å². The maximum atomic E-state index is 12.8. The second-order valence-electron chi connectivity index (χ2n) is 8.74. The molecule has 2 atom stereocenters. The fraction of sp³-hybridized carbons (Fsp3) is 0.440. The van der Waals surface area contributed by atoms with Gasteiger partial charge in [-0.2, -0.15) is 0 Å². The first-order valence-corrected chi connectivity index (χ1v) is 11.8. The summed E-state index contributed by atoms with van der Waals surface area (Å²) in [6.45, 7) is 6.45. The molecule has 0 saturated carbocycles. The number of carbonyl (C=O) groups is 2. The van der Waals surface area contributed by atoms with Gasteiger partial charge >= 0.3 is 0 Å². The lowest BCUT2D eigenvalue weighted by molar-refractivity contribution is -0.116. The van der Waals surface area contributed by atoms with Crippen molar-refractivity contribution in [2.45, 2.75) is 51.7 Å². The lowest BCUT2D eigenvalue weighted by Crippen LogP contribution is -2.67. The summed E-state index contributed by atoms with van der Waals surface area (Å²) in [5, 5.41) is 14.7. The predicted octanol–water partition coefficient (Wildman–Crippen LogP) is 1.97. The first-order chi connectivity index (χ1) is 16.4. The molecule has 2 unspecified atom stereocenters. The molecular weight excluding hydrogens is 430 g/mol. The van der Waals surface area contributed by atoms with Gasteiger partial charge in [0, 0.05) is 55.6 Å². The third-order valence-electron chi connectivity index (χ3n) is 6.14. The standard InChI is InChI=1S/C25H35N7O2/c1-3-4-10-28-24(27)18(2)23(29-16-26)9-11-31(17-33)13-19-5-7-20(8-6-19)25(34)32-14-21-12-22(15-32)30-21/h5-9,11,16-17,21-22,30H,3-4,10,12-15H2,1-2H3,(H2,26,29)(H2,27,28)/b11-9-,23-18-. The lowest BCUT2D eigenvalue weighted by Gasteiger charge is -2.48. The molecule has 2 bridgehead atoms. The second-order valence-corrected chi connectivity index (χ2v) is 8.74. The Morgan fingerprint density at radius 2 is 2.00 bits per heavy atom. The fourth-order valence-electron chi connectivity index (χ4n) is 4.11. The third-order valence-corrected chi connectivity index (χ3v) is 6.14. The van der Waals surface area contributed by atoms with Crippen molar-refractivity contribution in [3.63, 3.8) is 0 Å². The van der Waals surface area contributed by atoms with Crippen molar-refractivity contribution in [3.05, 3.63) is 58.9 Å². The van der Waals surface area contributed by atoms with Gasteiger partial charge in [0.25, 0.3) is 5.91 Å². The van der Waals surface area contributed by atoms with Crippen LogP contribution in [0.4, 0.5) is 0 Å². The van der Waals surface area contributed by atoms with Gasteiger partial charge in [0.1, 0.15) is 5.84 Å². The van der Waals surface area contributed by atoms with Gasteiger partial charge in [0.15, 0.2) is 0 Å². The number of hydrogen-bond donors (Lipinski definition) is 4. The third kappa shape index (κ3) is 6.54. The molecule has 0 aromatic heterocycles. The van der Waals surface area contributed by atoms with Gasteiger partial charge < -0.3 is 26.2 Å². The van der Waals surface area contributed by atoms with Gasteiger partial charge in [0.05, 0.1) is 12.0 Å². The van der Waals surface area contributed by atoms with E-state index < -0.39 is 0 Å². The Labute approximate surface area is 201 Å². The number of rotatable bonds is 11. The van der Waals surface area contributed by atoms with Crippen molar-refractivity contribution in [2.24, 2.45) is 10.7 Å². The number of nitrogens with one attached hydrogen (secondary N) is 3. The Morgan fingerprint density at radius 1 is 1.32 bits per heavy atom. The lowest BCUT2D eigenvalue weighted by atomic mass is 9.91. The van der Waals surface area contributed by atoms with E-state index in [-0.39, 0.29) is 11.7 Å². The normalized spacial score (nSPS) is 20.1. The molecule has 182 valence electrons. The number of amides is 2. The zero-order valence-electron chi connectivity index (χ0n) is 20.0. The molecule has 0 aliphatic carbocycles. The Balaban J connectivity index is 1.61. The number of benzene rings is 1. The van der Waals surface area contributed by atoms with Crippen molar-refractivity contribution >= 4 is 24.5 Å². The monoisotopic (exact) mass is 465 g/mol. The summed E-state index contributed by atoms with van der Waals surface area (Å²) in [6.07, 6.45) is 8.34. The largest absolute Gasteiger partial charge is 0.390 e. The van der Waals surface area contributed by atoms with Gasteiger partial charge in [-0.15, -0.1) is 0 Å². The first-order valence-electron chi connectivity index (χ1n) is 11.8. The van der Waals surface area contributed by atoms with E-state index in [4.69, 9.17) is 11.1 Å². The van der Waals surface area contributed by atoms with Gasteiger partial charge in [-0.3, -0.25) is 15.0 Å². The van der Waals surface area contributed by atoms with Crippen molar-refractivity contribution < 1.29 is 9.59 Å². The van der Waals surface area contributed by atoms with Crippen molar-refractivity contribution in [1.29, 1.82) is 5.41 Å². The molecule has 3 fully saturated rings. The quantitative estimate of drug-likeness (QED) is 0.131. The summed E-state index contributed by atoms with van der Waals surface area (Å²) in [4.78, 5) is 32.0. The molecule has 1 aromatic carbocycles. The zero-order valence-corrected chi connectivity index (χ0v) is 20.0. The molecule has 0 spiro atoms. The molecule has 9 nitrogen and oxygen atoms in total. The van der Waals surface area contributed by atoms with Crippen LogP contribution in [0.15, 0.2) is 52.8 Å². The number of piperazine rings is 1. The highest BCUT2D eigenvalue weighted by molar-refractivity contribution is 5.96. The van der Waals surface area contributed by atoms with Crippen LogP contribution in [0.5, 0.6) is 0 Å². The van der Waals surface area contributed by atoms with E-state index in [2.05, 4.69) is 22.5 Å². The summed E-state index contributed by atoms with van der Waals surface area (Å²) in [7, 11) is 0. The van der Waals surface area contributed by atoms with E-state index >= 15 is 0 Å². The minimum Gasteiger partial charge on any atom is -0.390 e. The van der Waals surface area contributed by atoms with Crippen molar-refractivity contribution in [2.75, 3.05) is 19.6 Å². The molecule has 34 heavy (non-hydrogen) atoms. The van der Waals surface area contributed by atoms with Gasteiger partial charge in [0.2, 0.25) is 6.41 Å². The van der Waals surface area contributed by atoms with Crippen LogP contribution in [0.25, 0.3) is 0 Å². The Bertz CT molecular complexity index is 952. The number of amidine groups is 1. The highest BCUT2D eigenvalue weighted by atomic mass is 16.2.